The topological polar surface area (TPSA) is 0 Å². The predicted molar refractivity (Wildman–Crippen MR) is 71.3 cm³/mol. The molecule has 4 heteroatoms. The molecular formula is C8H18S4. The van der Waals surface area contributed by atoms with E-state index in [1.807, 2.05) is 23.5 Å². The zero-order valence-electron chi connectivity index (χ0n) is 7.53. The van der Waals surface area contributed by atoms with E-state index in [4.69, 9.17) is 0 Å². The molecule has 0 aliphatic heterocycles. The average molecular weight is 242 g/mol. The van der Waals surface area contributed by atoms with Gasteiger partial charge < -0.3 is 0 Å². The minimum atomic E-state index is 0.741. The molecular weight excluding hydrogens is 224 g/mol. The van der Waals surface area contributed by atoms with Crippen molar-refractivity contribution in [1.29, 1.82) is 0 Å². The molecule has 0 saturated heterocycles. The summed E-state index contributed by atoms with van der Waals surface area (Å²) in [7, 11) is 0. The Morgan fingerprint density at radius 2 is 1.42 bits per heavy atom. The first-order chi connectivity index (χ1) is 5.81. The van der Waals surface area contributed by atoms with Crippen molar-refractivity contribution in [3.05, 3.63) is 0 Å². The van der Waals surface area contributed by atoms with E-state index in [9.17, 15) is 0 Å². The number of thioether (sulfide) groups is 2. The monoisotopic (exact) mass is 242 g/mol. The van der Waals surface area contributed by atoms with Crippen molar-refractivity contribution in [3.8, 4) is 0 Å². The zero-order chi connectivity index (χ0) is 9.23. The normalized spacial score (nSPS) is 11.0. The van der Waals surface area contributed by atoms with Gasteiger partial charge in [0.1, 0.15) is 0 Å². The van der Waals surface area contributed by atoms with Crippen LogP contribution >= 0.6 is 48.8 Å². The van der Waals surface area contributed by atoms with Crippen molar-refractivity contribution < 1.29 is 0 Å². The summed E-state index contributed by atoms with van der Waals surface area (Å²) in [6.07, 6.45) is 2.45. The molecule has 0 atom stereocenters. The van der Waals surface area contributed by atoms with E-state index < -0.39 is 0 Å². The number of hydrogen-bond acceptors (Lipinski definition) is 4. The predicted octanol–water partition coefficient (Wildman–Crippen LogP) is 3.44. The summed E-state index contributed by atoms with van der Waals surface area (Å²) in [5.41, 5.74) is 0. The fourth-order valence-corrected chi connectivity index (χ4v) is 3.67. The lowest BCUT2D eigenvalue weighted by Gasteiger charge is -2.09. The molecule has 0 spiro atoms. The maximum atomic E-state index is 4.18. The Hall–Kier alpha value is 1.40. The molecule has 0 rings (SSSR count). The van der Waals surface area contributed by atoms with Crippen molar-refractivity contribution in [2.45, 2.75) is 24.3 Å². The second-order valence-electron chi connectivity index (χ2n) is 2.46. The number of thiol groups is 2. The quantitative estimate of drug-likeness (QED) is 0.380. The molecule has 0 N–H and O–H groups in total. The smallest absolute Gasteiger partial charge is 0.0474 e. The van der Waals surface area contributed by atoms with Gasteiger partial charge in [0.25, 0.3) is 0 Å². The first kappa shape index (κ1) is 13.4. The number of rotatable bonds is 8. The van der Waals surface area contributed by atoms with Crippen molar-refractivity contribution in [2.24, 2.45) is 0 Å². The molecule has 0 aliphatic rings. The molecule has 0 unspecified atom stereocenters. The Morgan fingerprint density at radius 3 is 1.75 bits per heavy atom. The van der Waals surface area contributed by atoms with Crippen LogP contribution in [0.25, 0.3) is 0 Å². The van der Waals surface area contributed by atoms with Gasteiger partial charge in [-0.15, -0.1) is 23.5 Å². The summed E-state index contributed by atoms with van der Waals surface area (Å²) >= 11 is 12.4. The Bertz CT molecular complexity index is 77.1. The van der Waals surface area contributed by atoms with Crippen LogP contribution in [0.3, 0.4) is 0 Å². The SMILES string of the molecule is CC(SCCCS)SCCCS. The van der Waals surface area contributed by atoms with Gasteiger partial charge in [-0.25, -0.2) is 0 Å². The highest BCUT2D eigenvalue weighted by Crippen LogP contribution is 2.24. The third kappa shape index (κ3) is 9.49. The van der Waals surface area contributed by atoms with Gasteiger partial charge in [0.05, 0.1) is 0 Å². The summed E-state index contributed by atoms with van der Waals surface area (Å²) in [4.78, 5) is 0. The van der Waals surface area contributed by atoms with E-state index in [-0.39, 0.29) is 0 Å². The lowest BCUT2D eigenvalue weighted by Crippen LogP contribution is -1.94. The Labute approximate surface area is 95.9 Å². The van der Waals surface area contributed by atoms with E-state index in [1.54, 1.807) is 0 Å². The highest BCUT2D eigenvalue weighted by molar-refractivity contribution is 8.16. The van der Waals surface area contributed by atoms with Crippen molar-refractivity contribution >= 4 is 48.8 Å². The van der Waals surface area contributed by atoms with Crippen LogP contribution in [-0.4, -0.2) is 27.6 Å². The first-order valence-electron chi connectivity index (χ1n) is 4.26. The van der Waals surface area contributed by atoms with Crippen LogP contribution < -0.4 is 0 Å². The lowest BCUT2D eigenvalue weighted by molar-refractivity contribution is 1.12. The first-order valence-corrected chi connectivity index (χ1v) is 7.62. The Balaban J connectivity index is 3.04. The average Bonchev–Trinajstić information content (AvgIpc) is 2.06. The van der Waals surface area contributed by atoms with E-state index in [1.165, 1.54) is 24.3 Å². The molecule has 0 saturated carbocycles. The molecule has 0 amide bonds. The summed E-state index contributed by atoms with van der Waals surface area (Å²) in [6, 6.07) is 0. The van der Waals surface area contributed by atoms with Crippen LogP contribution in [0.15, 0.2) is 0 Å². The lowest BCUT2D eigenvalue weighted by atomic mass is 10.6. The Kier molecular flexibility index (Phi) is 11.7. The van der Waals surface area contributed by atoms with Gasteiger partial charge >= 0.3 is 0 Å². The second-order valence-corrected chi connectivity index (χ2v) is 6.55. The van der Waals surface area contributed by atoms with Gasteiger partial charge in [-0.05, 0) is 42.8 Å². The van der Waals surface area contributed by atoms with Gasteiger partial charge in [0.15, 0.2) is 0 Å². The molecule has 0 aliphatic carbocycles. The molecule has 0 radical (unpaired) electrons. The summed E-state index contributed by atoms with van der Waals surface area (Å²) in [6.45, 7) is 2.28. The molecule has 74 valence electrons. The molecule has 12 heavy (non-hydrogen) atoms. The molecule has 0 bridgehead atoms. The highest BCUT2D eigenvalue weighted by Gasteiger charge is 2.01. The van der Waals surface area contributed by atoms with E-state index in [0.29, 0.717) is 0 Å². The van der Waals surface area contributed by atoms with E-state index >= 15 is 0 Å². The van der Waals surface area contributed by atoms with Gasteiger partial charge in [0.2, 0.25) is 0 Å². The van der Waals surface area contributed by atoms with Crippen LogP contribution in [0, 0.1) is 0 Å². The van der Waals surface area contributed by atoms with Gasteiger partial charge in [-0.1, -0.05) is 0 Å². The minimum absolute atomic E-state index is 0.741. The molecule has 0 fully saturated rings. The van der Waals surface area contributed by atoms with Crippen molar-refractivity contribution in [2.75, 3.05) is 23.0 Å². The summed E-state index contributed by atoms with van der Waals surface area (Å²) in [5.74, 6) is 4.53. The maximum absolute atomic E-state index is 4.18. The summed E-state index contributed by atoms with van der Waals surface area (Å²) < 4.78 is 0.741. The van der Waals surface area contributed by atoms with Crippen molar-refractivity contribution in [3.63, 3.8) is 0 Å². The molecule has 0 aromatic carbocycles. The fourth-order valence-electron chi connectivity index (χ4n) is 0.676. The number of hydrogen-bond donors (Lipinski definition) is 2. The summed E-state index contributed by atoms with van der Waals surface area (Å²) in [5, 5.41) is 0. The molecule has 0 nitrogen and oxygen atoms in total. The van der Waals surface area contributed by atoms with Crippen molar-refractivity contribution in [1.82, 2.24) is 0 Å². The standard InChI is InChI=1S/C8H18S4/c1-8(11-6-2-4-9)12-7-3-5-10/h8-10H,2-7H2,1H3. The molecule has 0 aromatic rings. The highest BCUT2D eigenvalue weighted by atomic mass is 32.2. The fraction of sp³-hybridized carbons (Fsp3) is 1.00. The minimum Gasteiger partial charge on any atom is -0.179 e. The maximum Gasteiger partial charge on any atom is 0.0474 e. The van der Waals surface area contributed by atoms with Crippen LogP contribution in [0.1, 0.15) is 19.8 Å². The van der Waals surface area contributed by atoms with Crippen LogP contribution in [-0.2, 0) is 0 Å². The largest absolute Gasteiger partial charge is 0.179 e. The molecule has 0 aromatic heterocycles. The third-order valence-electron chi connectivity index (χ3n) is 1.31. The van der Waals surface area contributed by atoms with Crippen LogP contribution in [0.4, 0.5) is 0 Å². The zero-order valence-corrected chi connectivity index (χ0v) is 11.0. The van der Waals surface area contributed by atoms with E-state index in [2.05, 4.69) is 32.2 Å². The van der Waals surface area contributed by atoms with E-state index in [0.717, 1.165) is 16.1 Å². The third-order valence-corrected chi connectivity index (χ3v) is 4.75. The van der Waals surface area contributed by atoms with Gasteiger partial charge in [0, 0.05) is 4.58 Å². The second kappa shape index (κ2) is 10.5. The molecule has 0 heterocycles. The Morgan fingerprint density at radius 1 is 1.00 bits per heavy atom. The van der Waals surface area contributed by atoms with Crippen LogP contribution in [0.2, 0.25) is 0 Å². The van der Waals surface area contributed by atoms with Gasteiger partial charge in [-0.2, -0.15) is 25.3 Å². The van der Waals surface area contributed by atoms with Crippen LogP contribution in [0.5, 0.6) is 0 Å². The van der Waals surface area contributed by atoms with Gasteiger partial charge in [-0.3, -0.25) is 0 Å².